The largest absolute Gasteiger partial charge is 0.370 e. The van der Waals surface area contributed by atoms with E-state index in [2.05, 4.69) is 71.7 Å². The Hall–Kier alpha value is -2.91. The number of aryl methyl sites for hydroxylation is 1. The van der Waals surface area contributed by atoms with Crippen LogP contribution in [-0.2, 0) is 25.6 Å². The van der Waals surface area contributed by atoms with Crippen molar-refractivity contribution in [3.8, 4) is 0 Å². The Morgan fingerprint density at radius 1 is 1.15 bits per heavy atom. The molecule has 3 aromatic rings. The molecule has 1 saturated heterocycles. The summed E-state index contributed by atoms with van der Waals surface area (Å²) in [5.41, 5.74) is 4.09. The number of benzene rings is 1. The quantitative estimate of drug-likeness (QED) is 0.367. The first-order chi connectivity index (χ1) is 19.3. The summed E-state index contributed by atoms with van der Waals surface area (Å²) in [4.78, 5) is 24.6. The first-order valence-corrected chi connectivity index (χ1v) is 15.9. The molecule has 6 rings (SSSR count). The van der Waals surface area contributed by atoms with Crippen molar-refractivity contribution in [2.75, 3.05) is 36.1 Å². The van der Waals surface area contributed by atoms with Gasteiger partial charge in [-0.15, -0.1) is 22.0 Å². The van der Waals surface area contributed by atoms with Crippen molar-refractivity contribution in [3.63, 3.8) is 0 Å². The van der Waals surface area contributed by atoms with Crippen molar-refractivity contribution < 1.29 is 4.79 Å². The Morgan fingerprint density at radius 3 is 2.65 bits per heavy atom. The molecule has 40 heavy (non-hydrogen) atoms. The van der Waals surface area contributed by atoms with Gasteiger partial charge in [-0.05, 0) is 98.2 Å². The van der Waals surface area contributed by atoms with E-state index in [0.717, 1.165) is 73.3 Å². The number of nitrogens with zero attached hydrogens (tertiary/aromatic N) is 6. The second kappa shape index (κ2) is 10.8. The van der Waals surface area contributed by atoms with Crippen molar-refractivity contribution in [1.82, 2.24) is 24.6 Å². The highest BCUT2D eigenvalue weighted by atomic mass is 32.2. The predicted molar refractivity (Wildman–Crippen MR) is 161 cm³/mol. The molecule has 0 bridgehead atoms. The average molecular weight is 560 g/mol. The SMILES string of the molecule is CCNc1cc(C2(c3nncn3C)CC(C)C2)cc(N2Cc3c(SC)cc(CN4CCC[C@H](C)C4)cc3C2=O)n1. The number of aromatic nitrogens is 4. The molecule has 8 nitrogen and oxygen atoms in total. The number of pyridine rings is 1. The molecule has 3 aliphatic rings. The van der Waals surface area contributed by atoms with Crippen LogP contribution in [0.3, 0.4) is 0 Å². The number of fused-ring (bicyclic) bond motifs is 1. The van der Waals surface area contributed by atoms with Gasteiger partial charge >= 0.3 is 0 Å². The zero-order chi connectivity index (χ0) is 28.0. The predicted octanol–water partition coefficient (Wildman–Crippen LogP) is 5.47. The number of rotatable bonds is 8. The fourth-order valence-corrected chi connectivity index (χ4v) is 7.86. The summed E-state index contributed by atoms with van der Waals surface area (Å²) in [5.74, 6) is 3.84. The van der Waals surface area contributed by atoms with Crippen LogP contribution in [0.15, 0.2) is 35.5 Å². The van der Waals surface area contributed by atoms with Gasteiger partial charge in [-0.25, -0.2) is 4.98 Å². The number of carbonyl (C=O) groups excluding carboxylic acids is 1. The molecule has 2 aromatic heterocycles. The first-order valence-electron chi connectivity index (χ1n) is 14.7. The van der Waals surface area contributed by atoms with E-state index in [-0.39, 0.29) is 11.3 Å². The zero-order valence-corrected chi connectivity index (χ0v) is 25.2. The summed E-state index contributed by atoms with van der Waals surface area (Å²) < 4.78 is 2.03. The van der Waals surface area contributed by atoms with Gasteiger partial charge in [0, 0.05) is 37.1 Å². The number of anilines is 2. The van der Waals surface area contributed by atoms with E-state index in [9.17, 15) is 4.79 Å². The van der Waals surface area contributed by atoms with E-state index in [1.807, 2.05) is 16.5 Å². The number of amides is 1. The molecule has 1 atom stereocenters. The van der Waals surface area contributed by atoms with Gasteiger partial charge in [0.25, 0.3) is 5.91 Å². The smallest absolute Gasteiger partial charge is 0.260 e. The lowest BCUT2D eigenvalue weighted by Crippen LogP contribution is -2.43. The van der Waals surface area contributed by atoms with Gasteiger partial charge < -0.3 is 9.88 Å². The Labute approximate surface area is 241 Å². The molecule has 9 heteroatoms. The average Bonchev–Trinajstić information content (AvgIpc) is 3.49. The van der Waals surface area contributed by atoms with Gasteiger partial charge in [-0.3, -0.25) is 14.6 Å². The molecule has 2 aliphatic heterocycles. The van der Waals surface area contributed by atoms with Crippen molar-refractivity contribution >= 4 is 29.3 Å². The van der Waals surface area contributed by atoms with Gasteiger partial charge in [0.1, 0.15) is 23.8 Å². The number of thioether (sulfide) groups is 1. The maximum absolute atomic E-state index is 14.0. The highest BCUT2D eigenvalue weighted by Crippen LogP contribution is 2.52. The van der Waals surface area contributed by atoms with Crippen LogP contribution in [0.4, 0.5) is 11.6 Å². The Bertz CT molecular complexity index is 1410. The van der Waals surface area contributed by atoms with Crippen molar-refractivity contribution in [1.29, 1.82) is 0 Å². The third kappa shape index (κ3) is 4.81. The third-order valence-corrected chi connectivity index (χ3v) is 9.76. The molecular weight excluding hydrogens is 518 g/mol. The Balaban J connectivity index is 1.36. The van der Waals surface area contributed by atoms with Gasteiger partial charge in [0.2, 0.25) is 0 Å². The number of hydrogen-bond acceptors (Lipinski definition) is 7. The van der Waals surface area contributed by atoms with Crippen LogP contribution in [0.25, 0.3) is 0 Å². The van der Waals surface area contributed by atoms with Crippen molar-refractivity contribution in [2.45, 2.75) is 69.9 Å². The van der Waals surface area contributed by atoms with Gasteiger partial charge in [-0.2, -0.15) is 0 Å². The number of nitrogens with one attached hydrogen (secondary N) is 1. The number of piperidine rings is 1. The molecule has 1 amide bonds. The lowest BCUT2D eigenvalue weighted by atomic mass is 9.58. The van der Waals surface area contributed by atoms with Crippen LogP contribution >= 0.6 is 11.8 Å². The zero-order valence-electron chi connectivity index (χ0n) is 24.4. The minimum absolute atomic E-state index is 0.0425. The van der Waals surface area contributed by atoms with E-state index < -0.39 is 0 Å². The highest BCUT2D eigenvalue weighted by molar-refractivity contribution is 7.98. The second-order valence-electron chi connectivity index (χ2n) is 12.2. The maximum Gasteiger partial charge on any atom is 0.260 e. The minimum atomic E-state index is -0.231. The molecule has 4 heterocycles. The maximum atomic E-state index is 14.0. The Morgan fingerprint density at radius 2 is 1.98 bits per heavy atom. The van der Waals surface area contributed by atoms with Crippen molar-refractivity contribution in [3.05, 3.63) is 58.7 Å². The van der Waals surface area contributed by atoms with Crippen LogP contribution in [0.5, 0.6) is 0 Å². The van der Waals surface area contributed by atoms with E-state index in [4.69, 9.17) is 4.98 Å². The van der Waals surface area contributed by atoms with Gasteiger partial charge in [-0.1, -0.05) is 13.8 Å². The van der Waals surface area contributed by atoms with Crippen molar-refractivity contribution in [2.24, 2.45) is 18.9 Å². The van der Waals surface area contributed by atoms with Crippen LogP contribution in [-0.4, -0.2) is 56.4 Å². The van der Waals surface area contributed by atoms with E-state index in [1.165, 1.54) is 23.3 Å². The lowest BCUT2D eigenvalue weighted by Gasteiger charge is -2.46. The summed E-state index contributed by atoms with van der Waals surface area (Å²) >= 11 is 1.73. The molecular formula is C31H41N7OS. The highest BCUT2D eigenvalue weighted by Gasteiger charge is 2.49. The molecule has 212 valence electrons. The Kier molecular flexibility index (Phi) is 7.38. The number of likely N-dealkylation sites (tertiary alicyclic amines) is 1. The van der Waals surface area contributed by atoms with Gasteiger partial charge in [0.05, 0.1) is 12.0 Å². The fraction of sp³-hybridized carbons (Fsp3) is 0.548. The standard InChI is InChI=1S/C31H41N7OS/c1-6-32-27-12-23(31(14-21(3)15-31)30-35-33-19-36(30)4)13-28(34-27)38-18-25-24(29(38)39)10-22(11-26(25)40-5)17-37-9-7-8-20(2)16-37/h10-13,19-21H,6-9,14-18H2,1-5H3,(H,32,34)/t20-,21?,31?/m0/s1. The molecule has 0 unspecified atom stereocenters. The van der Waals surface area contributed by atoms with E-state index in [1.54, 1.807) is 18.1 Å². The molecule has 1 aromatic carbocycles. The summed E-state index contributed by atoms with van der Waals surface area (Å²) in [5, 5.41) is 12.2. The molecule has 2 fully saturated rings. The minimum Gasteiger partial charge on any atom is -0.370 e. The number of carbonyl (C=O) groups is 1. The fourth-order valence-electron chi connectivity index (χ4n) is 7.17. The third-order valence-electron chi connectivity index (χ3n) is 8.96. The normalized spacial score (nSPS) is 24.7. The summed E-state index contributed by atoms with van der Waals surface area (Å²) in [6, 6.07) is 8.71. The van der Waals surface area contributed by atoms with E-state index in [0.29, 0.717) is 18.3 Å². The van der Waals surface area contributed by atoms with Crippen LogP contribution < -0.4 is 10.2 Å². The molecule has 0 radical (unpaired) electrons. The number of hydrogen-bond donors (Lipinski definition) is 1. The monoisotopic (exact) mass is 559 g/mol. The van der Waals surface area contributed by atoms with Crippen LogP contribution in [0.2, 0.25) is 0 Å². The van der Waals surface area contributed by atoms with Crippen LogP contribution in [0, 0.1) is 11.8 Å². The molecule has 1 N–H and O–H groups in total. The second-order valence-corrected chi connectivity index (χ2v) is 13.0. The summed E-state index contributed by atoms with van der Waals surface area (Å²) in [6.45, 7) is 11.2. The summed E-state index contributed by atoms with van der Waals surface area (Å²) in [6.07, 6.45) is 8.44. The molecule has 1 aliphatic carbocycles. The lowest BCUT2D eigenvalue weighted by molar-refractivity contribution is 0.0995. The first kappa shape index (κ1) is 27.3. The topological polar surface area (TPSA) is 79.2 Å². The van der Waals surface area contributed by atoms with E-state index >= 15 is 0 Å². The molecule has 1 saturated carbocycles. The molecule has 0 spiro atoms. The van der Waals surface area contributed by atoms with Gasteiger partial charge in [0.15, 0.2) is 0 Å². The summed E-state index contributed by atoms with van der Waals surface area (Å²) in [7, 11) is 2.01. The van der Waals surface area contributed by atoms with Crippen LogP contribution in [0.1, 0.15) is 79.3 Å².